The highest BCUT2D eigenvalue weighted by Gasteiger charge is 2.44. The first-order valence-electron chi connectivity index (χ1n) is 10.0. The van der Waals surface area contributed by atoms with E-state index in [-0.39, 0.29) is 29.8 Å². The minimum Gasteiger partial charge on any atom is -0.467 e. The lowest BCUT2D eigenvalue weighted by Crippen LogP contribution is -2.47. The molecule has 1 atom stereocenters. The fraction of sp³-hybridized carbons (Fsp3) is 0.455. The summed E-state index contributed by atoms with van der Waals surface area (Å²) < 4.78 is 5.25. The van der Waals surface area contributed by atoms with E-state index >= 15 is 0 Å². The van der Waals surface area contributed by atoms with E-state index in [1.54, 1.807) is 12.3 Å². The zero-order chi connectivity index (χ0) is 19.4. The first kappa shape index (κ1) is 18.7. The van der Waals surface area contributed by atoms with Gasteiger partial charge >= 0.3 is 0 Å². The number of carbonyl (C=O) groups excluding carboxylic acids is 2. The van der Waals surface area contributed by atoms with Gasteiger partial charge in [0.25, 0.3) is 0 Å². The lowest BCUT2D eigenvalue weighted by atomic mass is 9.96. The number of hydrogen-bond donors (Lipinski definition) is 2. The van der Waals surface area contributed by atoms with Gasteiger partial charge in [0.15, 0.2) is 0 Å². The van der Waals surface area contributed by atoms with Crippen LogP contribution < -0.4 is 10.6 Å². The zero-order valence-corrected chi connectivity index (χ0v) is 16.0. The van der Waals surface area contributed by atoms with E-state index in [0.717, 1.165) is 38.0 Å². The van der Waals surface area contributed by atoms with Crippen LogP contribution >= 0.6 is 0 Å². The number of nitrogens with one attached hydrogen (secondary N) is 2. The van der Waals surface area contributed by atoms with Crippen molar-refractivity contribution in [2.24, 2.45) is 0 Å². The molecule has 1 saturated heterocycles. The van der Waals surface area contributed by atoms with Crippen LogP contribution in [0.5, 0.6) is 0 Å². The number of furan rings is 1. The van der Waals surface area contributed by atoms with Crippen LogP contribution in [0.1, 0.15) is 37.0 Å². The third-order valence-corrected chi connectivity index (χ3v) is 5.89. The minimum atomic E-state index is -0.246. The van der Waals surface area contributed by atoms with E-state index in [4.69, 9.17) is 4.42 Å². The van der Waals surface area contributed by atoms with Crippen molar-refractivity contribution in [2.45, 2.75) is 43.7 Å². The average Bonchev–Trinajstić information content (AvgIpc) is 3.10. The van der Waals surface area contributed by atoms with Crippen molar-refractivity contribution in [3.05, 3.63) is 60.1 Å². The van der Waals surface area contributed by atoms with Gasteiger partial charge in [0.05, 0.1) is 25.4 Å². The lowest BCUT2D eigenvalue weighted by molar-refractivity contribution is -0.127. The summed E-state index contributed by atoms with van der Waals surface area (Å²) in [7, 11) is 0. The molecule has 1 aliphatic carbocycles. The number of benzene rings is 1. The quantitative estimate of drug-likeness (QED) is 0.735. The fourth-order valence-corrected chi connectivity index (χ4v) is 4.04. The Balaban J connectivity index is 1.26. The maximum Gasteiger partial charge on any atom is 0.237 e. The second-order valence-corrected chi connectivity index (χ2v) is 7.85. The highest BCUT2D eigenvalue weighted by molar-refractivity contribution is 5.84. The van der Waals surface area contributed by atoms with E-state index in [0.29, 0.717) is 13.1 Å². The van der Waals surface area contributed by atoms with Crippen molar-refractivity contribution in [2.75, 3.05) is 19.6 Å². The number of carbonyl (C=O) groups is 2. The molecule has 6 nitrogen and oxygen atoms in total. The second-order valence-electron chi connectivity index (χ2n) is 7.85. The Bertz CT molecular complexity index is 800. The van der Waals surface area contributed by atoms with Gasteiger partial charge in [0.2, 0.25) is 11.8 Å². The lowest BCUT2D eigenvalue weighted by Gasteiger charge is -2.24. The Morgan fingerprint density at radius 3 is 2.64 bits per heavy atom. The van der Waals surface area contributed by atoms with Crippen LogP contribution in [0.2, 0.25) is 0 Å². The highest BCUT2D eigenvalue weighted by Crippen LogP contribution is 2.47. The van der Waals surface area contributed by atoms with E-state index < -0.39 is 0 Å². The normalized spacial score (nSPS) is 20.6. The Morgan fingerprint density at radius 1 is 1.11 bits per heavy atom. The number of rotatable bonds is 8. The summed E-state index contributed by atoms with van der Waals surface area (Å²) >= 11 is 0. The van der Waals surface area contributed by atoms with Crippen molar-refractivity contribution in [1.29, 1.82) is 0 Å². The first-order valence-corrected chi connectivity index (χ1v) is 10.0. The molecule has 4 rings (SSSR count). The van der Waals surface area contributed by atoms with E-state index in [9.17, 15) is 9.59 Å². The van der Waals surface area contributed by atoms with Crippen LogP contribution in [0.25, 0.3) is 0 Å². The molecule has 2 fully saturated rings. The maximum absolute atomic E-state index is 12.5. The van der Waals surface area contributed by atoms with Crippen LogP contribution in [0.15, 0.2) is 53.1 Å². The Labute approximate surface area is 165 Å². The molecule has 148 valence electrons. The van der Waals surface area contributed by atoms with Gasteiger partial charge in [-0.05, 0) is 49.9 Å². The standard InChI is InChI=1S/C22H27N3O3/c26-20(24-16-22(10-11-22)17-6-2-1-3-7-17)15-25-12-4-9-19(25)21(27)23-14-18-8-5-13-28-18/h1-3,5-8,13,19H,4,9-12,14-16H2,(H,23,27)(H,24,26). The van der Waals surface area contributed by atoms with Crippen LogP contribution in [0.4, 0.5) is 0 Å². The Morgan fingerprint density at radius 2 is 1.93 bits per heavy atom. The van der Waals surface area contributed by atoms with Crippen LogP contribution in [-0.4, -0.2) is 42.4 Å². The summed E-state index contributed by atoms with van der Waals surface area (Å²) in [6, 6.07) is 13.8. The zero-order valence-electron chi connectivity index (χ0n) is 16.0. The minimum absolute atomic E-state index is 0.00654. The third kappa shape index (κ3) is 4.28. The molecule has 2 aliphatic rings. The second kappa shape index (κ2) is 8.19. The van der Waals surface area contributed by atoms with E-state index in [2.05, 4.69) is 22.8 Å². The molecule has 2 heterocycles. The molecule has 2 aromatic rings. The van der Waals surface area contributed by atoms with Gasteiger partial charge in [-0.2, -0.15) is 0 Å². The smallest absolute Gasteiger partial charge is 0.237 e. The molecule has 0 spiro atoms. The van der Waals surface area contributed by atoms with Crippen molar-refractivity contribution >= 4 is 11.8 Å². The molecule has 1 unspecified atom stereocenters. The summed E-state index contributed by atoms with van der Waals surface area (Å²) in [6.07, 6.45) is 5.53. The maximum atomic E-state index is 12.5. The number of hydrogen-bond acceptors (Lipinski definition) is 4. The van der Waals surface area contributed by atoms with Gasteiger partial charge in [-0.1, -0.05) is 30.3 Å². The van der Waals surface area contributed by atoms with Gasteiger partial charge in [-0.25, -0.2) is 0 Å². The number of amides is 2. The molecule has 1 aliphatic heterocycles. The predicted octanol–water partition coefficient (Wildman–Crippen LogP) is 2.21. The molecule has 1 aromatic carbocycles. The van der Waals surface area contributed by atoms with Crippen LogP contribution in [0, 0.1) is 0 Å². The summed E-state index contributed by atoms with van der Waals surface area (Å²) in [5, 5.41) is 6.01. The van der Waals surface area contributed by atoms with Crippen molar-refractivity contribution in [1.82, 2.24) is 15.5 Å². The van der Waals surface area contributed by atoms with Crippen molar-refractivity contribution in [3.63, 3.8) is 0 Å². The van der Waals surface area contributed by atoms with Gasteiger partial charge in [-0.3, -0.25) is 14.5 Å². The Hall–Kier alpha value is -2.60. The summed E-state index contributed by atoms with van der Waals surface area (Å²) in [6.45, 7) is 2.08. The van der Waals surface area contributed by atoms with Gasteiger partial charge < -0.3 is 15.1 Å². The molecule has 0 radical (unpaired) electrons. The van der Waals surface area contributed by atoms with Gasteiger partial charge in [0, 0.05) is 12.0 Å². The Kier molecular flexibility index (Phi) is 5.48. The molecular formula is C22H27N3O3. The van der Waals surface area contributed by atoms with E-state index in [1.165, 1.54) is 5.56 Å². The molecule has 28 heavy (non-hydrogen) atoms. The monoisotopic (exact) mass is 381 g/mol. The SMILES string of the molecule is O=C(CN1CCCC1C(=O)NCc1ccco1)NCC1(c2ccccc2)CC1. The van der Waals surface area contributed by atoms with Crippen LogP contribution in [-0.2, 0) is 21.5 Å². The third-order valence-electron chi connectivity index (χ3n) is 5.89. The fourth-order valence-electron chi connectivity index (χ4n) is 4.04. The van der Waals surface area contributed by atoms with Gasteiger partial charge in [-0.15, -0.1) is 0 Å². The molecule has 2 amide bonds. The first-order chi connectivity index (χ1) is 13.7. The molecular weight excluding hydrogens is 354 g/mol. The molecule has 1 saturated carbocycles. The van der Waals surface area contributed by atoms with Crippen LogP contribution in [0.3, 0.4) is 0 Å². The van der Waals surface area contributed by atoms with Gasteiger partial charge in [0.1, 0.15) is 5.76 Å². The van der Waals surface area contributed by atoms with E-state index in [1.807, 2.05) is 29.2 Å². The largest absolute Gasteiger partial charge is 0.467 e. The van der Waals surface area contributed by atoms with Crippen molar-refractivity contribution < 1.29 is 14.0 Å². The average molecular weight is 381 g/mol. The summed E-state index contributed by atoms with van der Waals surface area (Å²) in [5.41, 5.74) is 1.40. The summed E-state index contributed by atoms with van der Waals surface area (Å²) in [5.74, 6) is 0.684. The molecule has 0 bridgehead atoms. The number of nitrogens with zero attached hydrogens (tertiary/aromatic N) is 1. The summed E-state index contributed by atoms with van der Waals surface area (Å²) in [4.78, 5) is 27.0. The van der Waals surface area contributed by atoms with Crippen molar-refractivity contribution in [3.8, 4) is 0 Å². The molecule has 1 aromatic heterocycles. The topological polar surface area (TPSA) is 74.6 Å². The highest BCUT2D eigenvalue weighted by atomic mass is 16.3. The molecule has 2 N–H and O–H groups in total. The molecule has 6 heteroatoms. The predicted molar refractivity (Wildman–Crippen MR) is 106 cm³/mol. The number of likely N-dealkylation sites (tertiary alicyclic amines) is 1.